The number of nitrogens with one attached hydrogen (secondary N) is 1. The Hall–Kier alpha value is -1.28. The van der Waals surface area contributed by atoms with E-state index in [0.29, 0.717) is 18.4 Å². The maximum Gasteiger partial charge on any atom is 0.0459 e. The van der Waals surface area contributed by atoms with E-state index in [9.17, 15) is 0 Å². The van der Waals surface area contributed by atoms with E-state index in [0.717, 1.165) is 6.42 Å². The lowest BCUT2D eigenvalue weighted by molar-refractivity contribution is 0.809. The first kappa shape index (κ1) is 13.2. The highest BCUT2D eigenvalue weighted by atomic mass is 14.7. The number of benzene rings is 1. The molecule has 98 valence electrons. The van der Waals surface area contributed by atoms with Crippen LogP contribution >= 0.6 is 0 Å². The van der Waals surface area contributed by atoms with Gasteiger partial charge in [-0.1, -0.05) is 33.8 Å². The molecule has 0 aliphatic carbocycles. The summed E-state index contributed by atoms with van der Waals surface area (Å²) in [6.07, 6.45) is 0.953. The number of rotatable bonds is 4. The van der Waals surface area contributed by atoms with Gasteiger partial charge in [-0.05, 0) is 48.1 Å². The van der Waals surface area contributed by atoms with Crippen LogP contribution in [0.15, 0.2) is 18.2 Å². The zero-order valence-corrected chi connectivity index (χ0v) is 11.9. The van der Waals surface area contributed by atoms with Crippen LogP contribution in [0.2, 0.25) is 0 Å². The summed E-state index contributed by atoms with van der Waals surface area (Å²) in [4.78, 5) is 3.56. The molecule has 0 bridgehead atoms. The van der Waals surface area contributed by atoms with Gasteiger partial charge in [0, 0.05) is 16.6 Å². The Labute approximate surface area is 110 Å². The molecule has 2 nitrogen and oxygen atoms in total. The second kappa shape index (κ2) is 5.15. The van der Waals surface area contributed by atoms with Crippen molar-refractivity contribution in [2.24, 2.45) is 5.73 Å². The zero-order chi connectivity index (χ0) is 13.3. The number of H-pyrrole nitrogens is 1. The first-order valence-electron chi connectivity index (χ1n) is 6.89. The Bertz CT molecular complexity index is 535. The standard InChI is InChI=1S/C16H24N2/c1-10(2)12-5-6-15-14(9-12)13(7-8-17)16(18-15)11(3)4/h5-6,9-11,18H,7-8,17H2,1-4H3. The summed E-state index contributed by atoms with van der Waals surface area (Å²) < 4.78 is 0. The predicted molar refractivity (Wildman–Crippen MR) is 79.2 cm³/mol. The minimum absolute atomic E-state index is 0.515. The summed E-state index contributed by atoms with van der Waals surface area (Å²) in [5.74, 6) is 1.08. The highest BCUT2D eigenvalue weighted by molar-refractivity contribution is 5.85. The second-order valence-corrected chi connectivity index (χ2v) is 5.67. The van der Waals surface area contributed by atoms with Crippen LogP contribution in [0.4, 0.5) is 0 Å². The van der Waals surface area contributed by atoms with Gasteiger partial charge in [-0.3, -0.25) is 0 Å². The van der Waals surface area contributed by atoms with E-state index in [1.807, 2.05) is 0 Å². The van der Waals surface area contributed by atoms with Crippen LogP contribution in [-0.2, 0) is 6.42 Å². The van der Waals surface area contributed by atoms with Gasteiger partial charge in [0.05, 0.1) is 0 Å². The Kier molecular flexibility index (Phi) is 3.76. The summed E-state index contributed by atoms with van der Waals surface area (Å²) in [6.45, 7) is 9.64. The normalized spacial score (nSPS) is 11.9. The minimum Gasteiger partial charge on any atom is -0.358 e. The van der Waals surface area contributed by atoms with Crippen LogP contribution in [0, 0.1) is 0 Å². The lowest BCUT2D eigenvalue weighted by atomic mass is 9.97. The van der Waals surface area contributed by atoms with Gasteiger partial charge >= 0.3 is 0 Å². The predicted octanol–water partition coefficient (Wildman–Crippen LogP) is 3.92. The summed E-state index contributed by atoms with van der Waals surface area (Å²) in [5.41, 5.74) is 11.2. The van der Waals surface area contributed by atoms with Gasteiger partial charge in [0.1, 0.15) is 0 Å². The maximum atomic E-state index is 5.76. The molecule has 0 aliphatic rings. The smallest absolute Gasteiger partial charge is 0.0459 e. The summed E-state index contributed by atoms with van der Waals surface area (Å²) >= 11 is 0. The van der Waals surface area contributed by atoms with E-state index < -0.39 is 0 Å². The number of aromatic amines is 1. The molecule has 3 N–H and O–H groups in total. The molecule has 0 fully saturated rings. The van der Waals surface area contributed by atoms with Crippen LogP contribution in [-0.4, -0.2) is 11.5 Å². The van der Waals surface area contributed by atoms with Gasteiger partial charge in [0.15, 0.2) is 0 Å². The molecule has 18 heavy (non-hydrogen) atoms. The van der Waals surface area contributed by atoms with E-state index in [-0.39, 0.29) is 0 Å². The summed E-state index contributed by atoms with van der Waals surface area (Å²) in [6, 6.07) is 6.75. The average Bonchev–Trinajstić information content (AvgIpc) is 2.68. The molecule has 0 saturated heterocycles. The Morgan fingerprint density at radius 1 is 1.11 bits per heavy atom. The molecular weight excluding hydrogens is 220 g/mol. The number of hydrogen-bond acceptors (Lipinski definition) is 1. The monoisotopic (exact) mass is 244 g/mol. The molecular formula is C16H24N2. The third-order valence-corrected chi connectivity index (χ3v) is 3.60. The highest BCUT2D eigenvalue weighted by Gasteiger charge is 2.14. The largest absolute Gasteiger partial charge is 0.358 e. The maximum absolute atomic E-state index is 5.76. The van der Waals surface area contributed by atoms with Crippen molar-refractivity contribution < 1.29 is 0 Å². The first-order chi connectivity index (χ1) is 8.54. The van der Waals surface area contributed by atoms with Crippen molar-refractivity contribution >= 4 is 10.9 Å². The quantitative estimate of drug-likeness (QED) is 0.841. The third-order valence-electron chi connectivity index (χ3n) is 3.60. The topological polar surface area (TPSA) is 41.8 Å². The molecule has 0 radical (unpaired) electrons. The molecule has 2 heteroatoms. The van der Waals surface area contributed by atoms with Crippen LogP contribution in [0.3, 0.4) is 0 Å². The van der Waals surface area contributed by atoms with Gasteiger partial charge in [0.2, 0.25) is 0 Å². The molecule has 0 aliphatic heterocycles. The number of fused-ring (bicyclic) bond motifs is 1. The van der Waals surface area contributed by atoms with Crippen LogP contribution in [0.5, 0.6) is 0 Å². The van der Waals surface area contributed by atoms with Gasteiger partial charge in [0.25, 0.3) is 0 Å². The van der Waals surface area contributed by atoms with Crippen LogP contribution < -0.4 is 5.73 Å². The molecule has 2 aromatic rings. The summed E-state index contributed by atoms with van der Waals surface area (Å²) in [7, 11) is 0. The van der Waals surface area contributed by atoms with Gasteiger partial charge < -0.3 is 10.7 Å². The Morgan fingerprint density at radius 3 is 2.39 bits per heavy atom. The molecule has 1 heterocycles. The highest BCUT2D eigenvalue weighted by Crippen LogP contribution is 2.30. The lowest BCUT2D eigenvalue weighted by Gasteiger charge is -2.08. The number of hydrogen-bond donors (Lipinski definition) is 2. The average molecular weight is 244 g/mol. The first-order valence-corrected chi connectivity index (χ1v) is 6.89. The molecule has 0 spiro atoms. The van der Waals surface area contributed by atoms with Crippen molar-refractivity contribution in [3.63, 3.8) is 0 Å². The molecule has 1 aromatic carbocycles. The third kappa shape index (κ3) is 2.30. The molecule has 2 rings (SSSR count). The fourth-order valence-corrected chi connectivity index (χ4v) is 2.55. The number of aromatic nitrogens is 1. The van der Waals surface area contributed by atoms with E-state index in [1.54, 1.807) is 0 Å². The van der Waals surface area contributed by atoms with Crippen molar-refractivity contribution in [3.8, 4) is 0 Å². The molecule has 0 unspecified atom stereocenters. The zero-order valence-electron chi connectivity index (χ0n) is 11.9. The minimum atomic E-state index is 0.515. The molecule has 0 amide bonds. The SMILES string of the molecule is CC(C)c1ccc2[nH]c(C(C)C)c(CCN)c2c1. The van der Waals surface area contributed by atoms with Crippen molar-refractivity contribution in [1.82, 2.24) is 4.98 Å². The van der Waals surface area contributed by atoms with Crippen molar-refractivity contribution in [1.29, 1.82) is 0 Å². The Balaban J connectivity index is 2.63. The lowest BCUT2D eigenvalue weighted by Crippen LogP contribution is -2.05. The van der Waals surface area contributed by atoms with Crippen molar-refractivity contribution in [2.45, 2.75) is 46.0 Å². The molecule has 1 aromatic heterocycles. The second-order valence-electron chi connectivity index (χ2n) is 5.67. The van der Waals surface area contributed by atoms with E-state index in [1.165, 1.54) is 27.7 Å². The fourth-order valence-electron chi connectivity index (χ4n) is 2.55. The van der Waals surface area contributed by atoms with Crippen LogP contribution in [0.25, 0.3) is 10.9 Å². The number of nitrogens with two attached hydrogens (primary N) is 1. The van der Waals surface area contributed by atoms with Crippen LogP contribution in [0.1, 0.15) is 56.4 Å². The van der Waals surface area contributed by atoms with Gasteiger partial charge in [-0.15, -0.1) is 0 Å². The summed E-state index contributed by atoms with van der Waals surface area (Å²) in [5, 5.41) is 1.36. The van der Waals surface area contributed by atoms with E-state index in [2.05, 4.69) is 50.9 Å². The molecule has 0 atom stereocenters. The van der Waals surface area contributed by atoms with E-state index >= 15 is 0 Å². The van der Waals surface area contributed by atoms with Crippen molar-refractivity contribution in [3.05, 3.63) is 35.0 Å². The fraction of sp³-hybridized carbons (Fsp3) is 0.500. The Morgan fingerprint density at radius 2 is 1.83 bits per heavy atom. The van der Waals surface area contributed by atoms with Crippen molar-refractivity contribution in [2.75, 3.05) is 6.54 Å². The van der Waals surface area contributed by atoms with E-state index in [4.69, 9.17) is 5.73 Å². The van der Waals surface area contributed by atoms with Gasteiger partial charge in [-0.25, -0.2) is 0 Å². The van der Waals surface area contributed by atoms with Gasteiger partial charge in [-0.2, -0.15) is 0 Å². The molecule has 0 saturated carbocycles.